The number of nitrogens with zero attached hydrogens (tertiary/aromatic N) is 2. The Labute approximate surface area is 196 Å². The average molecular weight is 460 g/mol. The van der Waals surface area contributed by atoms with E-state index in [4.69, 9.17) is 0 Å². The fourth-order valence-corrected chi connectivity index (χ4v) is 5.40. The van der Waals surface area contributed by atoms with Crippen LogP contribution in [-0.2, 0) is 9.59 Å². The van der Waals surface area contributed by atoms with Gasteiger partial charge in [0, 0.05) is 36.6 Å². The maximum atomic E-state index is 13.0. The van der Waals surface area contributed by atoms with Crippen molar-refractivity contribution in [3.05, 3.63) is 75.9 Å². The summed E-state index contributed by atoms with van der Waals surface area (Å²) in [6.45, 7) is 2.29. The van der Waals surface area contributed by atoms with Gasteiger partial charge in [-0.15, -0.1) is 0 Å². The molecule has 1 saturated carbocycles. The highest BCUT2D eigenvalue weighted by Gasteiger charge is 2.58. The number of fused-ring (bicyclic) bond motifs is 5. The van der Waals surface area contributed by atoms with Crippen molar-refractivity contribution in [1.82, 2.24) is 4.90 Å². The number of hydrogen-bond donors (Lipinski definition) is 2. The highest BCUT2D eigenvalue weighted by atomic mass is 16.6. The SMILES string of the molecule is Cc1cccc(NC(=O)c2cc([N+](=O)[O-])ccc2NCCN2C(=O)[C@H]3[C@H](C2=O)[C@H]2C=C[C@H]3C2)c1. The van der Waals surface area contributed by atoms with Crippen molar-refractivity contribution >= 4 is 34.8 Å². The lowest BCUT2D eigenvalue weighted by Gasteiger charge is -2.18. The van der Waals surface area contributed by atoms with Gasteiger partial charge in [0.05, 0.1) is 22.3 Å². The third kappa shape index (κ3) is 3.72. The van der Waals surface area contributed by atoms with E-state index in [2.05, 4.69) is 22.8 Å². The van der Waals surface area contributed by atoms with Crippen LogP contribution in [0.15, 0.2) is 54.6 Å². The number of likely N-dealkylation sites (tertiary alicyclic amines) is 1. The van der Waals surface area contributed by atoms with Crippen molar-refractivity contribution in [2.75, 3.05) is 23.7 Å². The third-order valence-corrected chi connectivity index (χ3v) is 6.95. The number of nitro benzene ring substituents is 1. The highest BCUT2D eigenvalue weighted by Crippen LogP contribution is 2.52. The zero-order valence-electron chi connectivity index (χ0n) is 18.6. The monoisotopic (exact) mass is 460 g/mol. The fraction of sp³-hybridized carbons (Fsp3) is 0.320. The Kier molecular flexibility index (Phi) is 5.39. The van der Waals surface area contributed by atoms with Crippen molar-refractivity contribution in [3.63, 3.8) is 0 Å². The van der Waals surface area contributed by atoms with E-state index < -0.39 is 10.8 Å². The number of benzene rings is 2. The van der Waals surface area contributed by atoms with Crippen molar-refractivity contribution in [2.45, 2.75) is 13.3 Å². The number of carbonyl (C=O) groups excluding carboxylic acids is 3. The molecular weight excluding hydrogens is 436 g/mol. The summed E-state index contributed by atoms with van der Waals surface area (Å²) >= 11 is 0. The smallest absolute Gasteiger partial charge is 0.270 e. The summed E-state index contributed by atoms with van der Waals surface area (Å²) in [5, 5.41) is 17.1. The van der Waals surface area contributed by atoms with Crippen LogP contribution in [0.5, 0.6) is 0 Å². The molecule has 2 N–H and O–H groups in total. The summed E-state index contributed by atoms with van der Waals surface area (Å²) < 4.78 is 0. The van der Waals surface area contributed by atoms with Gasteiger partial charge in [-0.2, -0.15) is 0 Å². The van der Waals surface area contributed by atoms with Crippen molar-refractivity contribution in [2.24, 2.45) is 23.7 Å². The van der Waals surface area contributed by atoms with Gasteiger partial charge in [-0.25, -0.2) is 0 Å². The van der Waals surface area contributed by atoms with Gasteiger partial charge in [0.15, 0.2) is 0 Å². The van der Waals surface area contributed by atoms with Gasteiger partial charge in [-0.3, -0.25) is 29.4 Å². The third-order valence-electron chi connectivity index (χ3n) is 6.95. The molecule has 2 bridgehead atoms. The topological polar surface area (TPSA) is 122 Å². The maximum absolute atomic E-state index is 13.0. The zero-order chi connectivity index (χ0) is 24.0. The van der Waals surface area contributed by atoms with Crippen molar-refractivity contribution in [1.29, 1.82) is 0 Å². The number of amides is 3. The molecule has 2 fully saturated rings. The van der Waals surface area contributed by atoms with Gasteiger partial charge in [0.1, 0.15) is 0 Å². The standard InChI is InChI=1S/C25H24N4O5/c1-14-3-2-4-17(11-14)27-23(30)19-13-18(29(33)34)7-8-20(19)26-9-10-28-24(31)21-15-5-6-16(12-15)22(21)25(28)32/h2-8,11,13,15-16,21-22,26H,9-10,12H2,1H3,(H,27,30)/t15-,16-,21+,22+/m0/s1. The summed E-state index contributed by atoms with van der Waals surface area (Å²) in [5.41, 5.74) is 1.82. The van der Waals surface area contributed by atoms with Gasteiger partial charge < -0.3 is 10.6 Å². The lowest BCUT2D eigenvalue weighted by molar-refractivity contribution is -0.384. The van der Waals surface area contributed by atoms with Gasteiger partial charge in [0.2, 0.25) is 11.8 Å². The van der Waals surface area contributed by atoms with E-state index >= 15 is 0 Å². The molecule has 1 heterocycles. The fourth-order valence-electron chi connectivity index (χ4n) is 5.40. The predicted molar refractivity (Wildman–Crippen MR) is 125 cm³/mol. The van der Waals surface area contributed by atoms with Crippen LogP contribution in [0.25, 0.3) is 0 Å². The molecule has 0 spiro atoms. The van der Waals surface area contributed by atoms with Crippen molar-refractivity contribution < 1.29 is 19.3 Å². The van der Waals surface area contributed by atoms with E-state index in [9.17, 15) is 24.5 Å². The molecule has 3 aliphatic rings. The van der Waals surface area contributed by atoms with E-state index in [1.165, 1.54) is 23.1 Å². The van der Waals surface area contributed by atoms with Gasteiger partial charge >= 0.3 is 0 Å². The molecule has 1 saturated heterocycles. The molecular formula is C25H24N4O5. The van der Waals surface area contributed by atoms with E-state index in [1.807, 2.05) is 13.0 Å². The molecule has 9 heteroatoms. The first-order chi connectivity index (χ1) is 16.3. The van der Waals surface area contributed by atoms with Gasteiger partial charge in [-0.05, 0) is 48.9 Å². The summed E-state index contributed by atoms with van der Waals surface area (Å²) in [7, 11) is 0. The van der Waals surface area contributed by atoms with E-state index in [-0.39, 0.29) is 59.8 Å². The number of nitro groups is 1. The number of carbonyl (C=O) groups is 3. The van der Waals surface area contributed by atoms with E-state index in [1.54, 1.807) is 18.2 Å². The van der Waals surface area contributed by atoms with Crippen LogP contribution in [0.1, 0.15) is 22.3 Å². The molecule has 2 aliphatic carbocycles. The second-order valence-corrected chi connectivity index (χ2v) is 9.07. The predicted octanol–water partition coefficient (Wildman–Crippen LogP) is 3.37. The van der Waals surface area contributed by atoms with Crippen LogP contribution >= 0.6 is 0 Å². The molecule has 0 radical (unpaired) electrons. The molecule has 0 unspecified atom stereocenters. The highest BCUT2D eigenvalue weighted by molar-refractivity contribution is 6.09. The molecule has 2 aromatic carbocycles. The second kappa shape index (κ2) is 8.40. The van der Waals surface area contributed by atoms with Crippen LogP contribution in [0.4, 0.5) is 17.1 Å². The Bertz CT molecular complexity index is 1210. The first-order valence-corrected chi connectivity index (χ1v) is 11.3. The van der Waals surface area contributed by atoms with E-state index in [0.29, 0.717) is 11.4 Å². The Morgan fingerprint density at radius 1 is 1.09 bits per heavy atom. The van der Waals surface area contributed by atoms with Crippen LogP contribution in [0.2, 0.25) is 0 Å². The van der Waals surface area contributed by atoms with Crippen molar-refractivity contribution in [3.8, 4) is 0 Å². The lowest BCUT2D eigenvalue weighted by Crippen LogP contribution is -2.36. The molecule has 2 aromatic rings. The minimum absolute atomic E-state index is 0.105. The molecule has 1 aliphatic heterocycles. The Hall–Kier alpha value is -4.01. The van der Waals surface area contributed by atoms with Crippen LogP contribution in [0.3, 0.4) is 0 Å². The van der Waals surface area contributed by atoms with Gasteiger partial charge in [-0.1, -0.05) is 24.3 Å². The second-order valence-electron chi connectivity index (χ2n) is 9.07. The molecule has 9 nitrogen and oxygen atoms in total. The number of aryl methyl sites for hydroxylation is 1. The molecule has 34 heavy (non-hydrogen) atoms. The number of allylic oxidation sites excluding steroid dienone is 2. The average Bonchev–Trinajstić information content (AvgIpc) is 3.49. The van der Waals surface area contributed by atoms with Crippen LogP contribution in [0, 0.1) is 40.7 Å². The Balaban J connectivity index is 1.30. The zero-order valence-corrected chi connectivity index (χ0v) is 18.6. The first-order valence-electron chi connectivity index (χ1n) is 11.3. The minimum atomic E-state index is -0.560. The molecule has 5 rings (SSSR count). The maximum Gasteiger partial charge on any atom is 0.270 e. The normalized spacial score (nSPS) is 24.4. The van der Waals surface area contributed by atoms with E-state index in [0.717, 1.165) is 12.0 Å². The summed E-state index contributed by atoms with van der Waals surface area (Å²) in [5.74, 6) is -0.964. The molecule has 3 amide bonds. The largest absolute Gasteiger partial charge is 0.383 e. The summed E-state index contributed by atoms with van der Waals surface area (Å²) in [6, 6.07) is 11.2. The van der Waals surface area contributed by atoms with Gasteiger partial charge in [0.25, 0.3) is 11.6 Å². The number of anilines is 2. The minimum Gasteiger partial charge on any atom is -0.383 e. The van der Waals surface area contributed by atoms with Crippen LogP contribution in [-0.4, -0.2) is 40.6 Å². The van der Waals surface area contributed by atoms with Crippen LogP contribution < -0.4 is 10.6 Å². The molecule has 4 atom stereocenters. The lowest BCUT2D eigenvalue weighted by atomic mass is 9.85. The summed E-state index contributed by atoms with van der Waals surface area (Å²) in [6.07, 6.45) is 4.98. The number of imide groups is 1. The summed E-state index contributed by atoms with van der Waals surface area (Å²) in [4.78, 5) is 50.7. The number of nitrogens with one attached hydrogen (secondary N) is 2. The number of hydrogen-bond acceptors (Lipinski definition) is 6. The Morgan fingerprint density at radius 3 is 2.44 bits per heavy atom. The first kappa shape index (κ1) is 21.8. The molecule has 0 aromatic heterocycles. The molecule has 174 valence electrons. The Morgan fingerprint density at radius 2 is 1.79 bits per heavy atom. The number of rotatable bonds is 7. The quantitative estimate of drug-likeness (QED) is 0.283. The number of non-ortho nitro benzene ring substituents is 1.